The number of hydrogen-bond acceptors (Lipinski definition) is 3. The van der Waals surface area contributed by atoms with Crippen molar-refractivity contribution in [1.29, 1.82) is 10.5 Å². The highest BCUT2D eigenvalue weighted by molar-refractivity contribution is 5.33. The molecule has 0 radical (unpaired) electrons. The molecule has 2 aliphatic carbocycles. The second-order valence-electron chi connectivity index (χ2n) is 8.67. The minimum Gasteiger partial charge on any atom is -0.378 e. The first-order chi connectivity index (χ1) is 14.2. The summed E-state index contributed by atoms with van der Waals surface area (Å²) in [7, 11) is 0. The fraction of sp³-hybridized carbons (Fsp3) is 0.600. The van der Waals surface area contributed by atoms with Crippen molar-refractivity contribution >= 4 is 0 Å². The van der Waals surface area contributed by atoms with E-state index in [0.717, 1.165) is 44.3 Å². The molecule has 1 aromatic carbocycles. The Labute approximate surface area is 174 Å². The van der Waals surface area contributed by atoms with Crippen LogP contribution < -0.4 is 0 Å². The van der Waals surface area contributed by atoms with Crippen LogP contribution in [0, 0.1) is 34.5 Å². The third kappa shape index (κ3) is 6.69. The van der Waals surface area contributed by atoms with Gasteiger partial charge in [-0.1, -0.05) is 12.1 Å². The van der Waals surface area contributed by atoms with Gasteiger partial charge in [0.05, 0.1) is 17.7 Å². The molecule has 1 aromatic rings. The van der Waals surface area contributed by atoms with Gasteiger partial charge < -0.3 is 4.74 Å². The van der Waals surface area contributed by atoms with E-state index in [1.165, 1.54) is 43.4 Å². The van der Waals surface area contributed by atoms with Crippen LogP contribution in [-0.2, 0) is 4.74 Å². The molecule has 0 bridgehead atoms. The molecule has 3 rings (SSSR count). The van der Waals surface area contributed by atoms with Gasteiger partial charge in [0, 0.05) is 6.61 Å². The first-order valence-electron chi connectivity index (χ1n) is 11.1. The van der Waals surface area contributed by atoms with Gasteiger partial charge in [0.1, 0.15) is 6.07 Å². The standard InChI is InChI=1S/C25H31FN2O/c26-24(17-28)3-1-2-19-8-14-25(15-9-19)29-18-21-6-12-23(13-7-21)22-10-4-20(16-27)5-11-22/h3-5,10-11,19,21,23,25H,1-2,6-9,12-15,18H2/b24-3-/t19-,21-,23-,25-. The minimum absolute atomic E-state index is 0.383. The second-order valence-corrected chi connectivity index (χ2v) is 8.67. The zero-order valence-corrected chi connectivity index (χ0v) is 17.2. The number of ether oxygens (including phenoxy) is 1. The first-order valence-corrected chi connectivity index (χ1v) is 11.1. The zero-order chi connectivity index (χ0) is 20.5. The van der Waals surface area contributed by atoms with Crippen molar-refractivity contribution in [2.75, 3.05) is 6.61 Å². The summed E-state index contributed by atoms with van der Waals surface area (Å²) < 4.78 is 19.1. The molecule has 2 saturated carbocycles. The van der Waals surface area contributed by atoms with E-state index in [4.69, 9.17) is 15.3 Å². The summed E-state index contributed by atoms with van der Waals surface area (Å²) in [6.45, 7) is 0.880. The molecular formula is C25H31FN2O. The number of nitrogens with zero attached hydrogens (tertiary/aromatic N) is 2. The summed E-state index contributed by atoms with van der Waals surface area (Å²) in [5, 5.41) is 17.4. The largest absolute Gasteiger partial charge is 0.378 e. The van der Waals surface area contributed by atoms with Crippen LogP contribution in [0.3, 0.4) is 0 Å². The number of benzene rings is 1. The molecule has 0 N–H and O–H groups in total. The summed E-state index contributed by atoms with van der Waals surface area (Å²) in [6, 6.07) is 11.8. The Morgan fingerprint density at radius 1 is 0.966 bits per heavy atom. The van der Waals surface area contributed by atoms with E-state index in [-0.39, 0.29) is 0 Å². The van der Waals surface area contributed by atoms with Crippen LogP contribution in [0.2, 0.25) is 0 Å². The SMILES string of the molecule is N#C/C(F)=C/CC[C@H]1CC[C@H](OC[C@H]2CC[C@H](c3ccc(C#N)cc3)CC2)CC1. The molecule has 4 heteroatoms. The topological polar surface area (TPSA) is 56.8 Å². The number of hydrogen-bond donors (Lipinski definition) is 0. The monoisotopic (exact) mass is 394 g/mol. The van der Waals surface area contributed by atoms with Gasteiger partial charge >= 0.3 is 0 Å². The van der Waals surface area contributed by atoms with Crippen LogP contribution in [0.25, 0.3) is 0 Å². The Balaban J connectivity index is 1.31. The van der Waals surface area contributed by atoms with Gasteiger partial charge in [0.15, 0.2) is 5.83 Å². The van der Waals surface area contributed by atoms with Gasteiger partial charge in [-0.25, -0.2) is 0 Å². The van der Waals surface area contributed by atoms with Gasteiger partial charge in [0.2, 0.25) is 0 Å². The molecule has 0 amide bonds. The molecule has 29 heavy (non-hydrogen) atoms. The molecule has 0 aromatic heterocycles. The predicted octanol–water partition coefficient (Wildman–Crippen LogP) is 6.56. The molecule has 2 aliphatic rings. The van der Waals surface area contributed by atoms with E-state index >= 15 is 0 Å². The van der Waals surface area contributed by atoms with Gasteiger partial charge in [0.25, 0.3) is 0 Å². The summed E-state index contributed by atoms with van der Waals surface area (Å²) in [4.78, 5) is 0. The van der Waals surface area contributed by atoms with E-state index in [1.54, 1.807) is 0 Å². The van der Waals surface area contributed by atoms with Gasteiger partial charge in [-0.15, -0.1) is 0 Å². The quantitative estimate of drug-likeness (QED) is 0.492. The summed E-state index contributed by atoms with van der Waals surface area (Å²) >= 11 is 0. The second kappa shape index (κ2) is 11.1. The van der Waals surface area contributed by atoms with Crippen molar-refractivity contribution < 1.29 is 9.13 Å². The molecular weight excluding hydrogens is 363 g/mol. The third-order valence-corrected chi connectivity index (χ3v) is 6.72. The maximum atomic E-state index is 12.8. The Bertz CT molecular complexity index is 743. The molecule has 0 spiro atoms. The van der Waals surface area contributed by atoms with Crippen LogP contribution in [0.5, 0.6) is 0 Å². The molecule has 154 valence electrons. The highest BCUT2D eigenvalue weighted by Crippen LogP contribution is 2.37. The Hall–Kier alpha value is -2.17. The Morgan fingerprint density at radius 2 is 1.62 bits per heavy atom. The first kappa shape index (κ1) is 21.5. The lowest BCUT2D eigenvalue weighted by Crippen LogP contribution is -2.25. The van der Waals surface area contributed by atoms with Crippen LogP contribution in [0.1, 0.15) is 81.3 Å². The Kier molecular flexibility index (Phi) is 8.26. The van der Waals surface area contributed by atoms with Gasteiger partial charge in [-0.05, 0) is 106 Å². The lowest BCUT2D eigenvalue weighted by molar-refractivity contribution is -0.00824. The Morgan fingerprint density at radius 3 is 2.24 bits per heavy atom. The number of rotatable bonds is 7. The van der Waals surface area contributed by atoms with Crippen LogP contribution in [-0.4, -0.2) is 12.7 Å². The minimum atomic E-state index is -0.657. The highest BCUT2D eigenvalue weighted by atomic mass is 19.1. The van der Waals surface area contributed by atoms with E-state index in [0.29, 0.717) is 30.3 Å². The molecule has 2 fully saturated rings. The van der Waals surface area contributed by atoms with Crippen molar-refractivity contribution in [2.45, 2.75) is 76.2 Å². The highest BCUT2D eigenvalue weighted by Gasteiger charge is 2.25. The predicted molar refractivity (Wildman–Crippen MR) is 112 cm³/mol. The summed E-state index contributed by atoms with van der Waals surface area (Å²) in [5.41, 5.74) is 2.10. The lowest BCUT2D eigenvalue weighted by Gasteiger charge is -2.32. The summed E-state index contributed by atoms with van der Waals surface area (Å²) in [5.74, 6) is 1.27. The number of nitriles is 2. The maximum Gasteiger partial charge on any atom is 0.196 e. The van der Waals surface area contributed by atoms with Crippen molar-refractivity contribution in [3.63, 3.8) is 0 Å². The van der Waals surface area contributed by atoms with Gasteiger partial charge in [-0.2, -0.15) is 14.9 Å². The molecule has 0 aliphatic heterocycles. The summed E-state index contributed by atoms with van der Waals surface area (Å²) in [6.07, 6.45) is 12.8. The molecule has 0 unspecified atom stereocenters. The van der Waals surface area contributed by atoms with E-state index in [2.05, 4.69) is 18.2 Å². The fourth-order valence-electron chi connectivity index (χ4n) is 4.84. The van der Waals surface area contributed by atoms with E-state index in [1.807, 2.05) is 12.1 Å². The number of halogens is 1. The molecule has 0 atom stereocenters. The van der Waals surface area contributed by atoms with Crippen LogP contribution >= 0.6 is 0 Å². The third-order valence-electron chi connectivity index (χ3n) is 6.72. The van der Waals surface area contributed by atoms with Crippen LogP contribution in [0.15, 0.2) is 36.2 Å². The molecule has 0 saturated heterocycles. The van der Waals surface area contributed by atoms with E-state index < -0.39 is 5.83 Å². The average Bonchev–Trinajstić information content (AvgIpc) is 2.79. The molecule has 0 heterocycles. The van der Waals surface area contributed by atoms with Crippen molar-refractivity contribution in [2.24, 2.45) is 11.8 Å². The maximum absolute atomic E-state index is 12.8. The van der Waals surface area contributed by atoms with Crippen molar-refractivity contribution in [3.05, 3.63) is 47.3 Å². The van der Waals surface area contributed by atoms with Crippen molar-refractivity contribution in [1.82, 2.24) is 0 Å². The lowest BCUT2D eigenvalue weighted by atomic mass is 9.79. The molecule has 3 nitrogen and oxygen atoms in total. The smallest absolute Gasteiger partial charge is 0.196 e. The number of allylic oxidation sites excluding steroid dienone is 2. The van der Waals surface area contributed by atoms with Crippen LogP contribution in [0.4, 0.5) is 4.39 Å². The average molecular weight is 395 g/mol. The zero-order valence-electron chi connectivity index (χ0n) is 17.2. The fourth-order valence-corrected chi connectivity index (χ4v) is 4.84. The van der Waals surface area contributed by atoms with Crippen molar-refractivity contribution in [3.8, 4) is 12.1 Å². The van der Waals surface area contributed by atoms with Gasteiger partial charge in [-0.3, -0.25) is 0 Å². The van der Waals surface area contributed by atoms with E-state index in [9.17, 15) is 4.39 Å². The normalized spacial score (nSPS) is 27.8.